The molecule has 1 N–H and O–H groups in total. The van der Waals surface area contributed by atoms with E-state index in [0.29, 0.717) is 11.3 Å². The van der Waals surface area contributed by atoms with Gasteiger partial charge in [-0.25, -0.2) is 0 Å². The molecule has 1 aromatic carbocycles. The number of Topliss-reactive ketones (excluding diaryl/α,β-unsaturated/α-hetero) is 1. The first kappa shape index (κ1) is 10.5. The molecule has 0 aliphatic carbocycles. The molecular weight excluding hydrogens is 179 g/mol. The first-order chi connectivity index (χ1) is 6.67. The molecule has 0 fully saturated rings. The summed E-state index contributed by atoms with van der Waals surface area (Å²) >= 11 is 0. The van der Waals surface area contributed by atoms with Gasteiger partial charge in [-0.15, -0.1) is 0 Å². The summed E-state index contributed by atoms with van der Waals surface area (Å²) in [4.78, 5) is 11.4. The van der Waals surface area contributed by atoms with E-state index in [2.05, 4.69) is 6.47 Å². The molecule has 0 unspecified atom stereocenters. The Kier molecular flexibility index (Phi) is 3.45. The molecule has 0 spiro atoms. The third-order valence-electron chi connectivity index (χ3n) is 1.78. The molecule has 0 aliphatic heterocycles. The number of carbonyl (C=O) groups excluding carboxylic acids is 1. The Morgan fingerprint density at radius 3 is 2.86 bits per heavy atom. The van der Waals surface area contributed by atoms with Gasteiger partial charge in [0.05, 0.1) is 0 Å². The summed E-state index contributed by atoms with van der Waals surface area (Å²) in [5.74, 6) is 0.406. The normalized spacial score (nSPS) is 9.21. The van der Waals surface area contributed by atoms with Crippen LogP contribution in [0.5, 0.6) is 11.5 Å². The van der Waals surface area contributed by atoms with Crippen molar-refractivity contribution in [2.75, 3.05) is 7.11 Å². The quantitative estimate of drug-likeness (QED) is 0.571. The average Bonchev–Trinajstić information content (AvgIpc) is 2.17. The fourth-order valence-electron chi connectivity index (χ4n) is 1.11. The molecule has 0 aromatic heterocycles. The maximum absolute atomic E-state index is 11.4. The van der Waals surface area contributed by atoms with Crippen LogP contribution in [0.25, 0.3) is 0 Å². The molecule has 0 heterocycles. The van der Waals surface area contributed by atoms with Crippen molar-refractivity contribution in [3.8, 4) is 11.5 Å². The standard InChI is InChI=1S/C10H11BO3/c1-11-6-10(13)7-3-8(12)5-9(4-7)14-2/h3-5,12H,1,6H2,2H3. The summed E-state index contributed by atoms with van der Waals surface area (Å²) in [6.45, 7) is 5.00. The summed E-state index contributed by atoms with van der Waals surface area (Å²) in [6, 6.07) is 4.45. The van der Waals surface area contributed by atoms with Gasteiger partial charge in [0.1, 0.15) is 0 Å². The van der Waals surface area contributed by atoms with Gasteiger partial charge < -0.3 is 0 Å². The van der Waals surface area contributed by atoms with Crippen LogP contribution in [0.3, 0.4) is 0 Å². The van der Waals surface area contributed by atoms with Crippen LogP contribution in [-0.2, 0) is 0 Å². The van der Waals surface area contributed by atoms with Crippen molar-refractivity contribution in [1.29, 1.82) is 0 Å². The van der Waals surface area contributed by atoms with E-state index < -0.39 is 0 Å². The van der Waals surface area contributed by atoms with Gasteiger partial charge in [-0.1, -0.05) is 0 Å². The molecule has 72 valence electrons. The van der Waals surface area contributed by atoms with Crippen molar-refractivity contribution in [2.45, 2.75) is 6.32 Å². The molecule has 0 amide bonds. The number of carbonyl (C=O) groups is 1. The molecule has 1 aromatic rings. The van der Waals surface area contributed by atoms with Gasteiger partial charge >= 0.3 is 82.5 Å². The van der Waals surface area contributed by atoms with Crippen molar-refractivity contribution < 1.29 is 14.6 Å². The van der Waals surface area contributed by atoms with Crippen molar-refractivity contribution in [3.63, 3.8) is 0 Å². The Morgan fingerprint density at radius 1 is 1.57 bits per heavy atom. The number of rotatable bonds is 4. The number of ketones is 1. The second-order valence-electron chi connectivity index (χ2n) is 2.84. The average molecular weight is 190 g/mol. The third-order valence-corrected chi connectivity index (χ3v) is 1.78. The van der Waals surface area contributed by atoms with Crippen LogP contribution in [0.15, 0.2) is 18.2 Å². The number of ether oxygens (including phenoxy) is 1. The molecule has 14 heavy (non-hydrogen) atoms. The minimum atomic E-state index is -0.0887. The zero-order valence-corrected chi connectivity index (χ0v) is 7.99. The Morgan fingerprint density at radius 2 is 2.29 bits per heavy atom. The molecule has 0 radical (unpaired) electrons. The molecule has 0 aliphatic rings. The second-order valence-corrected chi connectivity index (χ2v) is 2.84. The Hall–Kier alpha value is -1.58. The van der Waals surface area contributed by atoms with Gasteiger partial charge in [0.15, 0.2) is 0 Å². The number of benzene rings is 1. The molecular formula is C10H11BO3. The van der Waals surface area contributed by atoms with E-state index in [1.54, 1.807) is 6.07 Å². The summed E-state index contributed by atoms with van der Waals surface area (Å²) < 4.78 is 4.93. The number of hydrogen-bond donors (Lipinski definition) is 1. The number of aromatic hydroxyl groups is 1. The van der Waals surface area contributed by atoms with Gasteiger partial charge in [0, 0.05) is 0 Å². The van der Waals surface area contributed by atoms with Crippen LogP contribution < -0.4 is 4.74 Å². The van der Waals surface area contributed by atoms with E-state index in [0.717, 1.165) is 0 Å². The fourth-order valence-corrected chi connectivity index (χ4v) is 1.11. The first-order valence-corrected chi connectivity index (χ1v) is 4.19. The Bertz CT molecular complexity index is 360. The van der Waals surface area contributed by atoms with Gasteiger partial charge in [-0.3, -0.25) is 0 Å². The van der Waals surface area contributed by atoms with E-state index in [4.69, 9.17) is 4.74 Å². The van der Waals surface area contributed by atoms with Crippen LogP contribution in [0.4, 0.5) is 0 Å². The van der Waals surface area contributed by atoms with Crippen molar-refractivity contribution in [1.82, 2.24) is 0 Å². The zero-order chi connectivity index (χ0) is 10.6. The van der Waals surface area contributed by atoms with Crippen LogP contribution in [-0.4, -0.2) is 31.4 Å². The van der Waals surface area contributed by atoms with Crippen LogP contribution >= 0.6 is 0 Å². The Labute approximate surface area is 83.2 Å². The van der Waals surface area contributed by atoms with E-state index in [-0.39, 0.29) is 17.9 Å². The van der Waals surface area contributed by atoms with E-state index in [9.17, 15) is 9.90 Å². The molecule has 0 saturated carbocycles. The predicted octanol–water partition coefficient (Wildman–Crippen LogP) is 1.14. The van der Waals surface area contributed by atoms with Crippen LogP contribution in [0.1, 0.15) is 10.4 Å². The maximum atomic E-state index is 11.4. The summed E-state index contributed by atoms with van der Waals surface area (Å²) in [6.07, 6.45) is 0.257. The first-order valence-electron chi connectivity index (χ1n) is 4.19. The monoisotopic (exact) mass is 190 g/mol. The Balaban J connectivity index is 3.02. The van der Waals surface area contributed by atoms with E-state index in [1.165, 1.54) is 26.2 Å². The van der Waals surface area contributed by atoms with Gasteiger partial charge in [0.2, 0.25) is 0 Å². The summed E-state index contributed by atoms with van der Waals surface area (Å²) in [7, 11) is 1.48. The topological polar surface area (TPSA) is 46.5 Å². The molecule has 0 saturated heterocycles. The van der Waals surface area contributed by atoms with Gasteiger partial charge in [0.25, 0.3) is 0 Å². The number of phenols is 1. The minimum absolute atomic E-state index is 0.0248. The van der Waals surface area contributed by atoms with E-state index >= 15 is 0 Å². The number of hydrogen-bond acceptors (Lipinski definition) is 3. The summed E-state index contributed by atoms with van der Waals surface area (Å²) in [5.41, 5.74) is 0.432. The number of phenolic OH excluding ortho intramolecular Hbond substituents is 1. The molecule has 3 nitrogen and oxygen atoms in total. The molecule has 0 bridgehead atoms. The fraction of sp³-hybridized carbons (Fsp3) is 0.200. The predicted molar refractivity (Wildman–Crippen MR) is 56.7 cm³/mol. The van der Waals surface area contributed by atoms with Crippen LogP contribution in [0, 0.1) is 0 Å². The summed E-state index contributed by atoms with van der Waals surface area (Å²) in [5, 5.41) is 9.28. The number of methoxy groups -OCH3 is 1. The van der Waals surface area contributed by atoms with Gasteiger partial charge in [-0.2, -0.15) is 0 Å². The van der Waals surface area contributed by atoms with E-state index in [1.807, 2.05) is 0 Å². The zero-order valence-electron chi connectivity index (χ0n) is 7.99. The molecule has 1 rings (SSSR count). The van der Waals surface area contributed by atoms with Gasteiger partial charge in [-0.05, 0) is 0 Å². The van der Waals surface area contributed by atoms with Crippen molar-refractivity contribution in [3.05, 3.63) is 23.8 Å². The second kappa shape index (κ2) is 4.60. The molecule has 0 atom stereocenters. The third kappa shape index (κ3) is 2.45. The molecule has 4 heteroatoms. The van der Waals surface area contributed by atoms with Crippen molar-refractivity contribution >= 4 is 19.2 Å². The SMILES string of the molecule is C=BCC(=O)c1cc(O)cc(OC)c1. The van der Waals surface area contributed by atoms with Crippen molar-refractivity contribution in [2.24, 2.45) is 0 Å². The van der Waals surface area contributed by atoms with Crippen LogP contribution in [0.2, 0.25) is 6.32 Å².